The molecule has 1 saturated carbocycles. The summed E-state index contributed by atoms with van der Waals surface area (Å²) in [6.07, 6.45) is 6.40. The summed E-state index contributed by atoms with van der Waals surface area (Å²) in [6.45, 7) is 5.37. The van der Waals surface area contributed by atoms with Crippen molar-refractivity contribution in [1.82, 2.24) is 14.9 Å². The maximum Gasteiger partial charge on any atom is 0.134 e. The smallest absolute Gasteiger partial charge is 0.134 e. The summed E-state index contributed by atoms with van der Waals surface area (Å²) >= 11 is 0. The Labute approximate surface area is 122 Å². The van der Waals surface area contributed by atoms with E-state index in [0.29, 0.717) is 6.04 Å². The van der Waals surface area contributed by atoms with Crippen LogP contribution in [0.25, 0.3) is 0 Å². The Hall–Kier alpha value is -1.36. The van der Waals surface area contributed by atoms with Gasteiger partial charge in [0.05, 0.1) is 0 Å². The molecule has 1 aromatic heterocycles. The molecule has 1 unspecified atom stereocenters. The molecule has 5 nitrogen and oxygen atoms in total. The average Bonchev–Trinajstić information content (AvgIpc) is 3.29. The summed E-state index contributed by atoms with van der Waals surface area (Å²) in [7, 11) is 4.13. The Morgan fingerprint density at radius 3 is 2.65 bits per heavy atom. The molecule has 5 heteroatoms. The first kappa shape index (κ1) is 15.0. The average molecular weight is 277 g/mol. The molecule has 20 heavy (non-hydrogen) atoms. The lowest BCUT2D eigenvalue weighted by molar-refractivity contribution is 0.257. The highest BCUT2D eigenvalue weighted by Gasteiger charge is 2.29. The molecular weight excluding hydrogens is 250 g/mol. The van der Waals surface area contributed by atoms with Gasteiger partial charge in [-0.1, -0.05) is 13.3 Å². The van der Waals surface area contributed by atoms with E-state index in [1.807, 2.05) is 7.05 Å². The zero-order valence-corrected chi connectivity index (χ0v) is 13.1. The van der Waals surface area contributed by atoms with Gasteiger partial charge < -0.3 is 10.6 Å². The predicted molar refractivity (Wildman–Crippen MR) is 84.3 cm³/mol. The van der Waals surface area contributed by atoms with Crippen molar-refractivity contribution in [1.29, 1.82) is 0 Å². The molecule has 0 aliphatic heterocycles. The molecule has 1 aliphatic rings. The van der Waals surface area contributed by atoms with E-state index in [-0.39, 0.29) is 0 Å². The van der Waals surface area contributed by atoms with Crippen molar-refractivity contribution in [2.45, 2.75) is 51.6 Å². The van der Waals surface area contributed by atoms with Crippen molar-refractivity contribution in [2.75, 3.05) is 31.3 Å². The van der Waals surface area contributed by atoms with Crippen LogP contribution in [0.4, 0.5) is 11.6 Å². The van der Waals surface area contributed by atoms with Gasteiger partial charge in [-0.2, -0.15) is 0 Å². The van der Waals surface area contributed by atoms with Crippen LogP contribution in [0.3, 0.4) is 0 Å². The summed E-state index contributed by atoms with van der Waals surface area (Å²) in [5.74, 6) is 1.91. The van der Waals surface area contributed by atoms with E-state index in [2.05, 4.69) is 46.4 Å². The fraction of sp³-hybridized carbons (Fsp3) is 0.733. The second-order valence-electron chi connectivity index (χ2n) is 5.68. The highest BCUT2D eigenvalue weighted by Crippen LogP contribution is 2.27. The largest absolute Gasteiger partial charge is 0.373 e. The molecule has 1 heterocycles. The van der Waals surface area contributed by atoms with Gasteiger partial charge in [-0.3, -0.25) is 4.90 Å². The van der Waals surface area contributed by atoms with Crippen molar-refractivity contribution in [2.24, 2.45) is 0 Å². The van der Waals surface area contributed by atoms with E-state index < -0.39 is 0 Å². The molecule has 2 N–H and O–H groups in total. The van der Waals surface area contributed by atoms with E-state index in [4.69, 9.17) is 0 Å². The number of nitrogens with zero attached hydrogens (tertiary/aromatic N) is 3. The third-order valence-electron chi connectivity index (χ3n) is 4.07. The first-order chi connectivity index (χ1) is 9.67. The molecule has 112 valence electrons. The molecule has 0 spiro atoms. The zero-order valence-electron chi connectivity index (χ0n) is 13.1. The Morgan fingerprint density at radius 1 is 1.35 bits per heavy atom. The summed E-state index contributed by atoms with van der Waals surface area (Å²) in [6, 6.07) is 1.31. The molecule has 0 aromatic carbocycles. The second kappa shape index (κ2) is 6.88. The van der Waals surface area contributed by atoms with Crippen LogP contribution in [0.15, 0.2) is 6.33 Å². The van der Waals surface area contributed by atoms with Gasteiger partial charge >= 0.3 is 0 Å². The minimum absolute atomic E-state index is 0.518. The lowest BCUT2D eigenvalue weighted by Gasteiger charge is -2.25. The molecule has 1 aliphatic carbocycles. The van der Waals surface area contributed by atoms with Crippen molar-refractivity contribution < 1.29 is 0 Å². The number of hydrogen-bond donors (Lipinski definition) is 2. The van der Waals surface area contributed by atoms with E-state index >= 15 is 0 Å². The predicted octanol–water partition coefficient (Wildman–Crippen LogP) is 2.37. The Kier molecular flexibility index (Phi) is 5.17. The molecule has 0 bridgehead atoms. The fourth-order valence-corrected chi connectivity index (χ4v) is 2.50. The first-order valence-corrected chi connectivity index (χ1v) is 7.64. The molecule has 2 rings (SSSR count). The van der Waals surface area contributed by atoms with Crippen LogP contribution in [0.1, 0.15) is 38.7 Å². The van der Waals surface area contributed by atoms with E-state index in [9.17, 15) is 0 Å². The minimum atomic E-state index is 0.518. The molecule has 1 atom stereocenters. The highest BCUT2D eigenvalue weighted by atomic mass is 15.2. The lowest BCUT2D eigenvalue weighted by atomic mass is 10.1. The van der Waals surface area contributed by atoms with E-state index in [1.54, 1.807) is 6.33 Å². The van der Waals surface area contributed by atoms with Crippen molar-refractivity contribution >= 4 is 11.6 Å². The number of hydrogen-bond acceptors (Lipinski definition) is 5. The van der Waals surface area contributed by atoms with Crippen LogP contribution in [-0.4, -0.2) is 47.6 Å². The Bertz CT molecular complexity index is 430. The number of likely N-dealkylation sites (N-methyl/N-ethyl adjacent to an activating group) is 1. The van der Waals surface area contributed by atoms with Gasteiger partial charge in [-0.15, -0.1) is 0 Å². The summed E-state index contributed by atoms with van der Waals surface area (Å²) in [4.78, 5) is 11.2. The molecule has 1 aromatic rings. The maximum absolute atomic E-state index is 4.42. The van der Waals surface area contributed by atoms with E-state index in [0.717, 1.165) is 37.1 Å². The van der Waals surface area contributed by atoms with Crippen LogP contribution in [0, 0.1) is 0 Å². The summed E-state index contributed by atoms with van der Waals surface area (Å²) < 4.78 is 0. The van der Waals surface area contributed by atoms with Crippen molar-refractivity contribution in [3.8, 4) is 0 Å². The van der Waals surface area contributed by atoms with Crippen molar-refractivity contribution in [3.63, 3.8) is 0 Å². The quantitative estimate of drug-likeness (QED) is 0.764. The highest BCUT2D eigenvalue weighted by molar-refractivity contribution is 5.57. The molecule has 0 saturated heterocycles. The van der Waals surface area contributed by atoms with Gasteiger partial charge in [0.15, 0.2) is 0 Å². The first-order valence-electron chi connectivity index (χ1n) is 7.64. The normalized spacial score (nSPS) is 16.2. The topological polar surface area (TPSA) is 53.1 Å². The van der Waals surface area contributed by atoms with Gasteiger partial charge in [-0.25, -0.2) is 9.97 Å². The van der Waals surface area contributed by atoms with Gasteiger partial charge in [0, 0.05) is 31.2 Å². The van der Waals surface area contributed by atoms with Crippen LogP contribution in [-0.2, 0) is 6.42 Å². The van der Waals surface area contributed by atoms with Crippen LogP contribution >= 0.6 is 0 Å². The van der Waals surface area contributed by atoms with E-state index in [1.165, 1.54) is 18.4 Å². The lowest BCUT2D eigenvalue weighted by Crippen LogP contribution is -2.36. The van der Waals surface area contributed by atoms with Crippen LogP contribution < -0.4 is 10.6 Å². The minimum Gasteiger partial charge on any atom is -0.373 e. The SMILES string of the molecule is CCCc1c(NC)ncnc1NCC(C)N(C)C1CC1. The van der Waals surface area contributed by atoms with Crippen molar-refractivity contribution in [3.05, 3.63) is 11.9 Å². The Morgan fingerprint density at radius 2 is 2.05 bits per heavy atom. The van der Waals surface area contributed by atoms with Crippen LogP contribution in [0.2, 0.25) is 0 Å². The summed E-state index contributed by atoms with van der Waals surface area (Å²) in [5, 5.41) is 6.66. The van der Waals surface area contributed by atoms with Gasteiger partial charge in [0.25, 0.3) is 0 Å². The monoisotopic (exact) mass is 277 g/mol. The summed E-state index contributed by atoms with van der Waals surface area (Å²) in [5.41, 5.74) is 1.19. The third kappa shape index (κ3) is 3.60. The Balaban J connectivity index is 2.00. The third-order valence-corrected chi connectivity index (χ3v) is 4.07. The van der Waals surface area contributed by atoms with Crippen LogP contribution in [0.5, 0.6) is 0 Å². The number of rotatable bonds is 8. The number of nitrogens with one attached hydrogen (secondary N) is 2. The van der Waals surface area contributed by atoms with Gasteiger partial charge in [0.2, 0.25) is 0 Å². The number of aromatic nitrogens is 2. The maximum atomic E-state index is 4.42. The molecule has 0 radical (unpaired) electrons. The van der Waals surface area contributed by atoms with Gasteiger partial charge in [-0.05, 0) is 33.2 Å². The molecular formula is C15H27N5. The fourth-order valence-electron chi connectivity index (χ4n) is 2.50. The zero-order chi connectivity index (χ0) is 14.5. The molecule has 1 fully saturated rings. The second-order valence-corrected chi connectivity index (χ2v) is 5.68. The van der Waals surface area contributed by atoms with Gasteiger partial charge in [0.1, 0.15) is 18.0 Å². The standard InChI is InChI=1S/C15H27N5/c1-5-6-13-14(16-3)18-10-19-15(13)17-9-11(2)20(4)12-7-8-12/h10-12H,5-9H2,1-4H3,(H2,16,17,18,19). The number of anilines is 2. The molecule has 0 amide bonds.